The predicted octanol–water partition coefficient (Wildman–Crippen LogP) is 2.58. The molecule has 1 aromatic rings. The molecule has 20 heavy (non-hydrogen) atoms. The van der Waals surface area contributed by atoms with Gasteiger partial charge in [0.25, 0.3) is 0 Å². The Kier molecular flexibility index (Phi) is 4.42. The van der Waals surface area contributed by atoms with Crippen molar-refractivity contribution >= 4 is 11.8 Å². The molecular weight excluding hydrogens is 254 g/mol. The highest BCUT2D eigenvalue weighted by Crippen LogP contribution is 2.29. The molecule has 4 heteroatoms. The van der Waals surface area contributed by atoms with Gasteiger partial charge in [-0.2, -0.15) is 0 Å². The molecule has 0 aliphatic carbocycles. The van der Waals surface area contributed by atoms with E-state index in [1.165, 1.54) is 11.9 Å². The summed E-state index contributed by atoms with van der Waals surface area (Å²) in [6, 6.07) is 7.48. The van der Waals surface area contributed by atoms with Crippen LogP contribution in [0.1, 0.15) is 38.2 Å². The second-order valence-corrected chi connectivity index (χ2v) is 5.65. The normalized spacial score (nSPS) is 19.0. The first-order valence-electron chi connectivity index (χ1n) is 7.02. The summed E-state index contributed by atoms with van der Waals surface area (Å²) in [5.41, 5.74) is 0.879. The van der Waals surface area contributed by atoms with E-state index in [4.69, 9.17) is 4.74 Å². The Bertz CT molecular complexity index is 493. The van der Waals surface area contributed by atoms with Crippen LogP contribution < -0.4 is 4.74 Å². The first-order valence-corrected chi connectivity index (χ1v) is 7.02. The molecule has 0 spiro atoms. The molecule has 0 aromatic heterocycles. The maximum atomic E-state index is 11.9. The summed E-state index contributed by atoms with van der Waals surface area (Å²) >= 11 is 0. The Hall–Kier alpha value is -1.84. The number of likely N-dealkylation sites (tertiary alicyclic amines) is 1. The summed E-state index contributed by atoms with van der Waals surface area (Å²) in [7, 11) is 1.54. The third-order valence-corrected chi connectivity index (χ3v) is 3.63. The van der Waals surface area contributed by atoms with Gasteiger partial charge in [-0.15, -0.1) is 0 Å². The van der Waals surface area contributed by atoms with Crippen molar-refractivity contribution in [3.05, 3.63) is 29.8 Å². The third kappa shape index (κ3) is 3.18. The van der Waals surface area contributed by atoms with E-state index in [1.807, 2.05) is 24.3 Å². The highest BCUT2D eigenvalue weighted by Gasteiger charge is 2.36. The number of likely N-dealkylation sites (N-methyl/N-ethyl adjacent to an activating group) is 1. The van der Waals surface area contributed by atoms with E-state index >= 15 is 0 Å². The SMILES string of the molecule is CC(C)CCOc1ccc([C@H]2CC(=O)N(C)C2=O)cc1. The molecule has 1 fully saturated rings. The molecule has 0 bridgehead atoms. The van der Waals surface area contributed by atoms with Gasteiger partial charge < -0.3 is 4.74 Å². The lowest BCUT2D eigenvalue weighted by molar-refractivity contribution is -0.137. The standard InChI is InChI=1S/C16H21NO3/c1-11(2)8-9-20-13-6-4-12(5-7-13)14-10-15(18)17(3)16(14)19/h4-7,11,14H,8-10H2,1-3H3/t14-/m1/s1. The fraction of sp³-hybridized carbons (Fsp3) is 0.500. The zero-order valence-electron chi connectivity index (χ0n) is 12.3. The molecule has 2 amide bonds. The Balaban J connectivity index is 1.98. The molecule has 1 aliphatic heterocycles. The lowest BCUT2D eigenvalue weighted by Gasteiger charge is -2.11. The minimum absolute atomic E-state index is 0.114. The minimum Gasteiger partial charge on any atom is -0.494 e. The van der Waals surface area contributed by atoms with Crippen molar-refractivity contribution in [3.8, 4) is 5.75 Å². The fourth-order valence-corrected chi connectivity index (χ4v) is 2.22. The number of imide groups is 1. The Morgan fingerprint density at radius 1 is 1.25 bits per heavy atom. The number of carbonyl (C=O) groups is 2. The van der Waals surface area contributed by atoms with Crippen molar-refractivity contribution in [1.29, 1.82) is 0 Å². The molecular formula is C16H21NO3. The van der Waals surface area contributed by atoms with Crippen LogP contribution >= 0.6 is 0 Å². The van der Waals surface area contributed by atoms with Crippen LogP contribution in [-0.4, -0.2) is 30.4 Å². The van der Waals surface area contributed by atoms with Gasteiger partial charge in [0.1, 0.15) is 5.75 Å². The predicted molar refractivity (Wildman–Crippen MR) is 76.5 cm³/mol. The lowest BCUT2D eigenvalue weighted by Crippen LogP contribution is -2.25. The minimum atomic E-state index is -0.336. The van der Waals surface area contributed by atoms with Crippen molar-refractivity contribution in [2.24, 2.45) is 5.92 Å². The molecule has 1 aliphatic rings. The number of hydrogen-bond acceptors (Lipinski definition) is 3. The van der Waals surface area contributed by atoms with Gasteiger partial charge in [-0.25, -0.2) is 0 Å². The van der Waals surface area contributed by atoms with Gasteiger partial charge in [0, 0.05) is 13.5 Å². The summed E-state index contributed by atoms with van der Waals surface area (Å²) in [6.07, 6.45) is 1.28. The number of carbonyl (C=O) groups excluding carboxylic acids is 2. The molecule has 108 valence electrons. The molecule has 0 N–H and O–H groups in total. The van der Waals surface area contributed by atoms with Crippen molar-refractivity contribution in [1.82, 2.24) is 4.90 Å². The van der Waals surface area contributed by atoms with Gasteiger partial charge in [0.05, 0.1) is 12.5 Å². The maximum absolute atomic E-state index is 11.9. The van der Waals surface area contributed by atoms with E-state index < -0.39 is 0 Å². The molecule has 4 nitrogen and oxygen atoms in total. The van der Waals surface area contributed by atoms with E-state index in [1.54, 1.807) is 0 Å². The van der Waals surface area contributed by atoms with Crippen LogP contribution in [0.2, 0.25) is 0 Å². The van der Waals surface area contributed by atoms with Crippen LogP contribution in [0.4, 0.5) is 0 Å². The number of nitrogens with zero attached hydrogens (tertiary/aromatic N) is 1. The molecule has 0 saturated carbocycles. The van der Waals surface area contributed by atoms with Gasteiger partial charge in [0.15, 0.2) is 0 Å². The van der Waals surface area contributed by atoms with Gasteiger partial charge in [0.2, 0.25) is 11.8 Å². The van der Waals surface area contributed by atoms with E-state index in [0.717, 1.165) is 17.7 Å². The van der Waals surface area contributed by atoms with Crippen LogP contribution in [0.5, 0.6) is 5.75 Å². The van der Waals surface area contributed by atoms with Crippen molar-refractivity contribution < 1.29 is 14.3 Å². The summed E-state index contributed by atoms with van der Waals surface area (Å²) < 4.78 is 5.64. The topological polar surface area (TPSA) is 46.6 Å². The van der Waals surface area contributed by atoms with Crippen LogP contribution in [0.3, 0.4) is 0 Å². The number of rotatable bonds is 5. The smallest absolute Gasteiger partial charge is 0.236 e. The molecule has 1 saturated heterocycles. The summed E-state index contributed by atoms with van der Waals surface area (Å²) in [5, 5.41) is 0. The number of hydrogen-bond donors (Lipinski definition) is 0. The van der Waals surface area contributed by atoms with E-state index in [0.29, 0.717) is 12.5 Å². The van der Waals surface area contributed by atoms with E-state index in [2.05, 4.69) is 13.8 Å². The lowest BCUT2D eigenvalue weighted by atomic mass is 9.97. The number of benzene rings is 1. The monoisotopic (exact) mass is 275 g/mol. The van der Waals surface area contributed by atoms with E-state index in [-0.39, 0.29) is 24.2 Å². The molecule has 0 radical (unpaired) electrons. The van der Waals surface area contributed by atoms with Crippen LogP contribution in [-0.2, 0) is 9.59 Å². The maximum Gasteiger partial charge on any atom is 0.236 e. The zero-order valence-corrected chi connectivity index (χ0v) is 12.3. The first-order chi connectivity index (χ1) is 9.49. The number of ether oxygens (including phenoxy) is 1. The quantitative estimate of drug-likeness (QED) is 0.776. The molecule has 0 unspecified atom stereocenters. The Morgan fingerprint density at radius 3 is 2.40 bits per heavy atom. The van der Waals surface area contributed by atoms with Crippen LogP contribution in [0.25, 0.3) is 0 Å². The van der Waals surface area contributed by atoms with Crippen LogP contribution in [0, 0.1) is 5.92 Å². The van der Waals surface area contributed by atoms with Gasteiger partial charge in [-0.1, -0.05) is 26.0 Å². The third-order valence-electron chi connectivity index (χ3n) is 3.63. The average Bonchev–Trinajstić information content (AvgIpc) is 2.67. The summed E-state index contributed by atoms with van der Waals surface area (Å²) in [6.45, 7) is 5.01. The van der Waals surface area contributed by atoms with Gasteiger partial charge in [-0.05, 0) is 30.0 Å². The number of amides is 2. The molecule has 1 heterocycles. The molecule has 1 atom stereocenters. The largest absolute Gasteiger partial charge is 0.494 e. The van der Waals surface area contributed by atoms with Crippen molar-refractivity contribution in [3.63, 3.8) is 0 Å². The molecule has 1 aromatic carbocycles. The highest BCUT2D eigenvalue weighted by atomic mass is 16.5. The van der Waals surface area contributed by atoms with Crippen LogP contribution in [0.15, 0.2) is 24.3 Å². The second kappa shape index (κ2) is 6.07. The fourth-order valence-electron chi connectivity index (χ4n) is 2.22. The first kappa shape index (κ1) is 14.6. The Labute approximate surface area is 119 Å². The van der Waals surface area contributed by atoms with E-state index in [9.17, 15) is 9.59 Å². The van der Waals surface area contributed by atoms with Gasteiger partial charge in [-0.3, -0.25) is 14.5 Å². The van der Waals surface area contributed by atoms with Crippen molar-refractivity contribution in [2.75, 3.05) is 13.7 Å². The second-order valence-electron chi connectivity index (χ2n) is 5.65. The Morgan fingerprint density at radius 2 is 1.90 bits per heavy atom. The summed E-state index contributed by atoms with van der Waals surface area (Å²) in [5.74, 6) is 0.851. The zero-order chi connectivity index (χ0) is 14.7. The van der Waals surface area contributed by atoms with Gasteiger partial charge >= 0.3 is 0 Å². The average molecular weight is 275 g/mol. The molecule has 2 rings (SSSR count). The highest BCUT2D eigenvalue weighted by molar-refractivity contribution is 6.05. The van der Waals surface area contributed by atoms with Crippen molar-refractivity contribution in [2.45, 2.75) is 32.6 Å². The summed E-state index contributed by atoms with van der Waals surface area (Å²) in [4.78, 5) is 24.6.